The summed E-state index contributed by atoms with van der Waals surface area (Å²) in [5.41, 5.74) is 2.59. The number of aromatic nitrogens is 1. The van der Waals surface area contributed by atoms with Gasteiger partial charge in [-0.15, -0.1) is 0 Å². The lowest BCUT2D eigenvalue weighted by Crippen LogP contribution is -2.17. The molecule has 0 radical (unpaired) electrons. The van der Waals surface area contributed by atoms with Crippen LogP contribution in [-0.2, 0) is 0 Å². The second-order valence-electron chi connectivity index (χ2n) is 4.95. The Hall–Kier alpha value is -2.20. The minimum Gasteiger partial charge on any atom is -0.322 e. The predicted molar refractivity (Wildman–Crippen MR) is 80.7 cm³/mol. The van der Waals surface area contributed by atoms with Gasteiger partial charge in [0, 0.05) is 29.7 Å². The van der Waals surface area contributed by atoms with Gasteiger partial charge in [-0.3, -0.25) is 9.78 Å². The fourth-order valence-corrected chi connectivity index (χ4v) is 1.85. The summed E-state index contributed by atoms with van der Waals surface area (Å²) in [4.78, 5) is 18.1. The van der Waals surface area contributed by atoms with Crippen molar-refractivity contribution in [3.05, 3.63) is 59.9 Å². The number of carbonyl (C=O) groups excluding carboxylic acids is 1. The van der Waals surface area contributed by atoms with Gasteiger partial charge in [-0.25, -0.2) is 0 Å². The number of nitrogens with one attached hydrogen (secondary N) is 1. The molecule has 104 valence electrons. The second-order valence-corrected chi connectivity index (χ2v) is 4.95. The summed E-state index contributed by atoms with van der Waals surface area (Å²) in [6, 6.07) is 11.5. The summed E-state index contributed by atoms with van der Waals surface area (Å²) in [6.07, 6.45) is 3.30. The van der Waals surface area contributed by atoms with Crippen LogP contribution in [0.1, 0.15) is 28.9 Å². The third kappa shape index (κ3) is 3.42. The molecule has 1 aromatic carbocycles. The molecule has 1 N–H and O–H groups in total. The van der Waals surface area contributed by atoms with Crippen molar-refractivity contribution >= 4 is 11.6 Å². The first-order valence-electron chi connectivity index (χ1n) is 6.55. The lowest BCUT2D eigenvalue weighted by molar-refractivity contribution is 0.102. The molecule has 0 fully saturated rings. The highest BCUT2D eigenvalue weighted by molar-refractivity contribution is 6.04. The van der Waals surface area contributed by atoms with E-state index in [1.165, 1.54) is 5.56 Å². The van der Waals surface area contributed by atoms with Gasteiger partial charge in [0.05, 0.1) is 0 Å². The van der Waals surface area contributed by atoms with Crippen LogP contribution in [0.3, 0.4) is 0 Å². The molecule has 4 heteroatoms. The van der Waals surface area contributed by atoms with E-state index in [4.69, 9.17) is 0 Å². The second kappa shape index (κ2) is 6.30. The Morgan fingerprint density at radius 1 is 1.10 bits per heavy atom. The standard InChI is InChI=1S/C16H19N3O/c1-12(19(2)3)13-4-6-14(7-5-13)16(20)18-15-8-10-17-11-9-15/h4-12H,1-3H3,(H,17,18,20). The van der Waals surface area contributed by atoms with Gasteiger partial charge in [-0.2, -0.15) is 0 Å². The van der Waals surface area contributed by atoms with Crippen LogP contribution in [0.2, 0.25) is 0 Å². The number of rotatable bonds is 4. The number of benzene rings is 1. The highest BCUT2D eigenvalue weighted by atomic mass is 16.1. The Kier molecular flexibility index (Phi) is 4.48. The van der Waals surface area contributed by atoms with Crippen LogP contribution in [0.15, 0.2) is 48.8 Å². The van der Waals surface area contributed by atoms with Gasteiger partial charge >= 0.3 is 0 Å². The summed E-state index contributed by atoms with van der Waals surface area (Å²) in [5.74, 6) is -0.111. The number of hydrogen-bond acceptors (Lipinski definition) is 3. The number of nitrogens with zero attached hydrogens (tertiary/aromatic N) is 2. The summed E-state index contributed by atoms with van der Waals surface area (Å²) in [7, 11) is 4.07. The third-order valence-corrected chi connectivity index (χ3v) is 3.37. The number of amides is 1. The van der Waals surface area contributed by atoms with Crippen molar-refractivity contribution in [3.63, 3.8) is 0 Å². The molecule has 1 amide bonds. The molecule has 0 aliphatic carbocycles. The number of carbonyl (C=O) groups is 1. The van der Waals surface area contributed by atoms with Crippen molar-refractivity contribution < 1.29 is 4.79 Å². The normalized spacial score (nSPS) is 12.2. The molecule has 0 spiro atoms. The summed E-state index contributed by atoms with van der Waals surface area (Å²) in [5, 5.41) is 2.84. The summed E-state index contributed by atoms with van der Waals surface area (Å²) in [6.45, 7) is 2.13. The van der Waals surface area contributed by atoms with Crippen LogP contribution >= 0.6 is 0 Å². The number of anilines is 1. The van der Waals surface area contributed by atoms with Crippen molar-refractivity contribution in [2.24, 2.45) is 0 Å². The molecule has 0 saturated carbocycles. The molecule has 4 nitrogen and oxygen atoms in total. The molecule has 0 bridgehead atoms. The van der Waals surface area contributed by atoms with Crippen LogP contribution in [-0.4, -0.2) is 29.9 Å². The molecule has 1 heterocycles. The van der Waals surface area contributed by atoms with E-state index in [1.807, 2.05) is 38.4 Å². The van der Waals surface area contributed by atoms with E-state index in [0.717, 1.165) is 5.69 Å². The minimum absolute atomic E-state index is 0.111. The quantitative estimate of drug-likeness (QED) is 0.928. The number of pyridine rings is 1. The first-order valence-corrected chi connectivity index (χ1v) is 6.55. The fourth-order valence-electron chi connectivity index (χ4n) is 1.85. The van der Waals surface area contributed by atoms with Crippen LogP contribution in [0, 0.1) is 0 Å². The SMILES string of the molecule is CC(c1ccc(C(=O)Nc2ccncc2)cc1)N(C)C. The Labute approximate surface area is 119 Å². The Morgan fingerprint density at radius 2 is 1.70 bits per heavy atom. The minimum atomic E-state index is -0.111. The molecular formula is C16H19N3O. The van der Waals surface area contributed by atoms with Crippen molar-refractivity contribution in [2.75, 3.05) is 19.4 Å². The zero-order chi connectivity index (χ0) is 14.5. The van der Waals surface area contributed by atoms with E-state index in [-0.39, 0.29) is 5.91 Å². The van der Waals surface area contributed by atoms with Crippen LogP contribution in [0.25, 0.3) is 0 Å². The van der Waals surface area contributed by atoms with Gasteiger partial charge in [0.1, 0.15) is 0 Å². The molecule has 2 aromatic rings. The smallest absolute Gasteiger partial charge is 0.255 e. The lowest BCUT2D eigenvalue weighted by atomic mass is 10.1. The molecule has 1 aromatic heterocycles. The molecule has 0 aliphatic rings. The summed E-state index contributed by atoms with van der Waals surface area (Å²) >= 11 is 0. The zero-order valence-electron chi connectivity index (χ0n) is 12.0. The van der Waals surface area contributed by atoms with E-state index >= 15 is 0 Å². The van der Waals surface area contributed by atoms with Gasteiger partial charge in [0.25, 0.3) is 5.91 Å². The zero-order valence-corrected chi connectivity index (χ0v) is 12.0. The molecule has 20 heavy (non-hydrogen) atoms. The van der Waals surface area contributed by atoms with Crippen LogP contribution in [0.5, 0.6) is 0 Å². The molecule has 0 aliphatic heterocycles. The van der Waals surface area contributed by atoms with E-state index in [2.05, 4.69) is 22.1 Å². The maximum atomic E-state index is 12.1. The van der Waals surface area contributed by atoms with Gasteiger partial charge < -0.3 is 10.2 Å². The first kappa shape index (κ1) is 14.2. The molecule has 2 rings (SSSR count). The average Bonchev–Trinajstić information content (AvgIpc) is 2.47. The van der Waals surface area contributed by atoms with E-state index < -0.39 is 0 Å². The highest BCUT2D eigenvalue weighted by Crippen LogP contribution is 2.18. The van der Waals surface area contributed by atoms with Crippen LogP contribution < -0.4 is 5.32 Å². The van der Waals surface area contributed by atoms with Gasteiger partial charge in [-0.1, -0.05) is 12.1 Å². The van der Waals surface area contributed by atoms with Crippen LogP contribution in [0.4, 0.5) is 5.69 Å². The Morgan fingerprint density at radius 3 is 2.25 bits per heavy atom. The molecule has 1 unspecified atom stereocenters. The van der Waals surface area contributed by atoms with E-state index in [0.29, 0.717) is 11.6 Å². The number of hydrogen-bond donors (Lipinski definition) is 1. The van der Waals surface area contributed by atoms with E-state index in [9.17, 15) is 4.79 Å². The Bertz CT molecular complexity index is 564. The molecular weight excluding hydrogens is 250 g/mol. The van der Waals surface area contributed by atoms with Gasteiger partial charge in [0.2, 0.25) is 0 Å². The Balaban J connectivity index is 2.08. The fraction of sp³-hybridized carbons (Fsp3) is 0.250. The first-order chi connectivity index (χ1) is 9.58. The third-order valence-electron chi connectivity index (χ3n) is 3.37. The van der Waals surface area contributed by atoms with Gasteiger partial charge in [0.15, 0.2) is 0 Å². The largest absolute Gasteiger partial charge is 0.322 e. The van der Waals surface area contributed by atoms with Crippen molar-refractivity contribution in [1.82, 2.24) is 9.88 Å². The van der Waals surface area contributed by atoms with Crippen molar-refractivity contribution in [3.8, 4) is 0 Å². The molecule has 0 saturated heterocycles. The average molecular weight is 269 g/mol. The topological polar surface area (TPSA) is 45.2 Å². The lowest BCUT2D eigenvalue weighted by Gasteiger charge is -2.20. The van der Waals surface area contributed by atoms with E-state index in [1.54, 1.807) is 24.5 Å². The monoisotopic (exact) mass is 269 g/mol. The highest BCUT2D eigenvalue weighted by Gasteiger charge is 2.10. The van der Waals surface area contributed by atoms with Crippen molar-refractivity contribution in [1.29, 1.82) is 0 Å². The summed E-state index contributed by atoms with van der Waals surface area (Å²) < 4.78 is 0. The molecule has 1 atom stereocenters. The maximum absolute atomic E-state index is 12.1. The van der Waals surface area contributed by atoms with Gasteiger partial charge in [-0.05, 0) is 50.8 Å². The maximum Gasteiger partial charge on any atom is 0.255 e. The predicted octanol–water partition coefficient (Wildman–Crippen LogP) is 2.96. The van der Waals surface area contributed by atoms with Crippen molar-refractivity contribution in [2.45, 2.75) is 13.0 Å².